The van der Waals surface area contributed by atoms with Crippen molar-refractivity contribution in [2.75, 3.05) is 0 Å². The summed E-state index contributed by atoms with van der Waals surface area (Å²) in [6.45, 7) is 0. The van der Waals surface area contributed by atoms with Crippen LogP contribution in [0.3, 0.4) is 0 Å². The van der Waals surface area contributed by atoms with Gasteiger partial charge in [-0.05, 0) is 17.7 Å². The maximum Gasteiger partial charge on any atom is 0.226 e. The molecule has 1 N–H and O–H groups in total. The Morgan fingerprint density at radius 2 is 1.25 bits per heavy atom. The van der Waals surface area contributed by atoms with Gasteiger partial charge >= 0.3 is 0 Å². The molecule has 20 heavy (non-hydrogen) atoms. The van der Waals surface area contributed by atoms with Gasteiger partial charge in [0.25, 0.3) is 0 Å². The number of phenols is 1. The van der Waals surface area contributed by atoms with Crippen molar-refractivity contribution in [3.8, 4) is 5.75 Å². The Balaban J connectivity index is 3.39. The maximum absolute atomic E-state index is 9.46. The van der Waals surface area contributed by atoms with Gasteiger partial charge in [0, 0.05) is 0 Å². The second-order valence-electron chi connectivity index (χ2n) is 3.77. The second-order valence-corrected chi connectivity index (χ2v) is 10.0. The molecular weight excluding hydrogens is 455 g/mol. The zero-order chi connectivity index (χ0) is 16.0. The molecule has 0 atom stereocenters. The van der Waals surface area contributed by atoms with Crippen molar-refractivity contribution in [2.45, 2.75) is 16.8 Å². The van der Waals surface area contributed by atoms with Gasteiger partial charge < -0.3 is 5.11 Å². The SMILES string of the molecule is Oc1cccc(C(Cl)(Cl)C(Cl)(Cl)C(Cl)(Cl)C(Cl)(Cl)Cl)c1. The van der Waals surface area contributed by atoms with E-state index in [1.807, 2.05) is 0 Å². The van der Waals surface area contributed by atoms with E-state index in [0.29, 0.717) is 0 Å². The molecule has 0 saturated carbocycles. The van der Waals surface area contributed by atoms with Crippen molar-refractivity contribution in [3.05, 3.63) is 29.8 Å². The summed E-state index contributed by atoms with van der Waals surface area (Å²) in [5.74, 6) is -0.124. The van der Waals surface area contributed by atoms with E-state index in [9.17, 15) is 5.11 Å². The van der Waals surface area contributed by atoms with E-state index in [2.05, 4.69) is 0 Å². The predicted octanol–water partition coefficient (Wildman–Crippen LogP) is 6.74. The molecule has 114 valence electrons. The zero-order valence-electron chi connectivity index (χ0n) is 9.16. The lowest BCUT2D eigenvalue weighted by molar-refractivity contribution is 0.473. The normalized spacial score (nSPS) is 14.4. The molecule has 0 unspecified atom stereocenters. The molecule has 0 spiro atoms. The molecule has 1 nitrogen and oxygen atoms in total. The molecule has 0 fully saturated rings. The predicted molar refractivity (Wildman–Crippen MR) is 90.7 cm³/mol. The minimum absolute atomic E-state index is 0.116. The summed E-state index contributed by atoms with van der Waals surface area (Å²) in [7, 11) is 0. The third-order valence-electron chi connectivity index (χ3n) is 2.35. The Morgan fingerprint density at radius 1 is 0.750 bits per heavy atom. The Hall–Kier alpha value is 1.63. The maximum atomic E-state index is 9.46. The molecule has 0 aliphatic heterocycles. The summed E-state index contributed by atoms with van der Waals surface area (Å²) in [5.41, 5.74) is 0.116. The number of phenolic OH excluding ortho intramolecular Hbond substituents is 1. The summed E-state index contributed by atoms with van der Waals surface area (Å²) in [6.07, 6.45) is 0. The highest BCUT2D eigenvalue weighted by Crippen LogP contribution is 2.65. The minimum Gasteiger partial charge on any atom is -0.508 e. The number of alkyl halides is 9. The summed E-state index contributed by atoms with van der Waals surface area (Å²) in [5, 5.41) is 9.46. The van der Waals surface area contributed by atoms with Gasteiger partial charge in [-0.2, -0.15) is 0 Å². The number of aromatic hydroxyl groups is 1. The largest absolute Gasteiger partial charge is 0.508 e. The van der Waals surface area contributed by atoms with Gasteiger partial charge in [0.1, 0.15) is 5.75 Å². The summed E-state index contributed by atoms with van der Waals surface area (Å²) < 4.78 is -9.05. The fraction of sp³-hybridized carbons (Fsp3) is 0.400. The lowest BCUT2D eigenvalue weighted by Crippen LogP contribution is -2.54. The van der Waals surface area contributed by atoms with Crippen LogP contribution in [0.5, 0.6) is 5.75 Å². The fourth-order valence-electron chi connectivity index (χ4n) is 1.26. The van der Waals surface area contributed by atoms with Crippen LogP contribution < -0.4 is 0 Å². The molecule has 0 saturated heterocycles. The van der Waals surface area contributed by atoms with Crippen LogP contribution in [-0.4, -0.2) is 17.6 Å². The number of hydrogen-bond donors (Lipinski definition) is 1. The third kappa shape index (κ3) is 3.42. The first-order valence-corrected chi connectivity index (χ1v) is 8.15. The lowest BCUT2D eigenvalue weighted by Gasteiger charge is -2.44. The van der Waals surface area contributed by atoms with Crippen molar-refractivity contribution in [3.63, 3.8) is 0 Å². The van der Waals surface area contributed by atoms with Gasteiger partial charge in [0.2, 0.25) is 8.13 Å². The smallest absolute Gasteiger partial charge is 0.226 e. The van der Waals surface area contributed by atoms with Crippen molar-refractivity contribution in [1.29, 1.82) is 0 Å². The molecule has 0 aliphatic carbocycles. The minimum atomic E-state index is -2.36. The summed E-state index contributed by atoms with van der Waals surface area (Å²) in [6, 6.07) is 5.53. The van der Waals surface area contributed by atoms with Crippen LogP contribution in [0.1, 0.15) is 5.56 Å². The van der Waals surface area contributed by atoms with Crippen LogP contribution in [0.15, 0.2) is 24.3 Å². The fourth-order valence-corrected chi connectivity index (χ4v) is 3.47. The van der Waals surface area contributed by atoms with Crippen LogP contribution in [0.4, 0.5) is 0 Å². The molecule has 10 heteroatoms. The van der Waals surface area contributed by atoms with E-state index in [1.165, 1.54) is 24.3 Å². The van der Waals surface area contributed by atoms with E-state index in [-0.39, 0.29) is 11.3 Å². The number of hydrogen-bond acceptors (Lipinski definition) is 1. The summed E-state index contributed by atoms with van der Waals surface area (Å²) >= 11 is 53.4. The Labute approximate surface area is 160 Å². The quantitative estimate of drug-likeness (QED) is 0.496. The van der Waals surface area contributed by atoms with Crippen LogP contribution in [-0.2, 0) is 4.33 Å². The van der Waals surface area contributed by atoms with Gasteiger partial charge in [-0.25, -0.2) is 0 Å². The molecule has 0 radical (unpaired) electrons. The molecule has 0 aliphatic rings. The highest BCUT2D eigenvalue weighted by molar-refractivity contribution is 6.80. The van der Waals surface area contributed by atoms with E-state index < -0.39 is 16.8 Å². The van der Waals surface area contributed by atoms with Crippen molar-refractivity contribution in [2.24, 2.45) is 0 Å². The van der Waals surface area contributed by atoms with Crippen molar-refractivity contribution < 1.29 is 5.11 Å². The molecular formula is C10H5Cl9O. The van der Waals surface area contributed by atoms with Crippen molar-refractivity contribution >= 4 is 104 Å². The van der Waals surface area contributed by atoms with E-state index in [0.717, 1.165) is 0 Å². The number of halogens is 9. The highest BCUT2D eigenvalue weighted by Gasteiger charge is 2.68. The Bertz CT molecular complexity index is 492. The number of rotatable bonds is 3. The van der Waals surface area contributed by atoms with Crippen LogP contribution >= 0.6 is 104 Å². The van der Waals surface area contributed by atoms with E-state index >= 15 is 0 Å². The molecule has 0 amide bonds. The summed E-state index contributed by atoms with van der Waals surface area (Å²) in [4.78, 5) is 0. The topological polar surface area (TPSA) is 20.2 Å². The van der Waals surface area contributed by atoms with Gasteiger partial charge in [0.05, 0.1) is 0 Å². The average Bonchev–Trinajstić information content (AvgIpc) is 2.26. The molecule has 1 aromatic carbocycles. The van der Waals surface area contributed by atoms with E-state index in [4.69, 9.17) is 104 Å². The third-order valence-corrected chi connectivity index (χ3v) is 7.83. The first-order valence-electron chi connectivity index (χ1n) is 4.75. The molecule has 1 aromatic rings. The van der Waals surface area contributed by atoms with Gasteiger partial charge in [-0.3, -0.25) is 0 Å². The van der Waals surface area contributed by atoms with Crippen LogP contribution in [0.25, 0.3) is 0 Å². The molecule has 0 bridgehead atoms. The second kappa shape index (κ2) is 6.26. The molecule has 0 aromatic heterocycles. The molecule has 0 heterocycles. The first-order chi connectivity index (χ1) is 8.75. The number of benzene rings is 1. The van der Waals surface area contributed by atoms with Gasteiger partial charge in [0.15, 0.2) is 8.67 Å². The molecule has 1 rings (SSSR count). The van der Waals surface area contributed by atoms with Gasteiger partial charge in [-0.15, -0.1) is 0 Å². The monoisotopic (exact) mass is 456 g/mol. The van der Waals surface area contributed by atoms with Crippen molar-refractivity contribution in [1.82, 2.24) is 0 Å². The Kier molecular flexibility index (Phi) is 6.16. The van der Waals surface area contributed by atoms with Gasteiger partial charge in [-0.1, -0.05) is 117 Å². The highest BCUT2D eigenvalue weighted by atomic mass is 35.6. The Morgan fingerprint density at radius 3 is 1.65 bits per heavy atom. The van der Waals surface area contributed by atoms with Crippen LogP contribution in [0.2, 0.25) is 0 Å². The zero-order valence-corrected chi connectivity index (χ0v) is 16.0. The first kappa shape index (κ1) is 19.7. The standard InChI is InChI=1S/C10H5Cl9O/c11-7(12,5-2-1-3-6(20)4-5)8(13,14)9(15,16)10(17,18)19/h1-4,20H. The van der Waals surface area contributed by atoms with Crippen LogP contribution in [0, 0.1) is 0 Å². The average molecular weight is 460 g/mol. The lowest BCUT2D eigenvalue weighted by atomic mass is 10.1. The van der Waals surface area contributed by atoms with E-state index in [1.54, 1.807) is 0 Å².